The fourth-order valence-electron chi connectivity index (χ4n) is 2.60. The van der Waals surface area contributed by atoms with Gasteiger partial charge >= 0.3 is 0 Å². The number of hydrogen-bond acceptors (Lipinski definition) is 4. The van der Waals surface area contributed by atoms with E-state index < -0.39 is 0 Å². The van der Waals surface area contributed by atoms with Crippen LogP contribution in [0.4, 0.5) is 4.39 Å². The van der Waals surface area contributed by atoms with E-state index in [1.165, 1.54) is 12.1 Å². The van der Waals surface area contributed by atoms with E-state index in [0.717, 1.165) is 39.3 Å². The highest BCUT2D eigenvalue weighted by Gasteiger charge is 2.13. The zero-order chi connectivity index (χ0) is 17.2. The van der Waals surface area contributed by atoms with Crippen LogP contribution in [0.2, 0.25) is 0 Å². The molecule has 1 aliphatic rings. The molecule has 1 amide bonds. The third kappa shape index (κ3) is 7.27. The zero-order valence-corrected chi connectivity index (χ0v) is 14.3. The summed E-state index contributed by atoms with van der Waals surface area (Å²) in [5, 5.41) is 3.01. The van der Waals surface area contributed by atoms with Crippen LogP contribution >= 0.6 is 0 Å². The Balaban J connectivity index is 1.53. The van der Waals surface area contributed by atoms with Crippen LogP contribution in [0.15, 0.2) is 24.3 Å². The van der Waals surface area contributed by atoms with Gasteiger partial charge in [0.15, 0.2) is 0 Å². The molecule has 5 nitrogen and oxygen atoms in total. The van der Waals surface area contributed by atoms with E-state index in [9.17, 15) is 9.18 Å². The summed E-state index contributed by atoms with van der Waals surface area (Å²) in [6, 6.07) is 6.18. The van der Waals surface area contributed by atoms with Crippen LogP contribution < -0.4 is 10.1 Å². The molecule has 1 atom stereocenters. The highest BCUT2D eigenvalue weighted by atomic mass is 19.1. The van der Waals surface area contributed by atoms with Crippen molar-refractivity contribution in [2.45, 2.75) is 32.2 Å². The van der Waals surface area contributed by atoms with E-state index in [4.69, 9.17) is 9.47 Å². The Labute approximate surface area is 143 Å². The molecule has 1 saturated heterocycles. The average Bonchev–Trinajstić information content (AvgIpc) is 2.58. The fourth-order valence-corrected chi connectivity index (χ4v) is 2.60. The first-order valence-corrected chi connectivity index (χ1v) is 8.61. The minimum absolute atomic E-state index is 0.0346. The van der Waals surface area contributed by atoms with E-state index in [0.29, 0.717) is 25.2 Å². The Kier molecular flexibility index (Phi) is 7.98. The van der Waals surface area contributed by atoms with Gasteiger partial charge in [0, 0.05) is 38.2 Å². The van der Waals surface area contributed by atoms with Gasteiger partial charge in [0.25, 0.3) is 0 Å². The molecule has 2 rings (SSSR count). The number of hydrogen-bond donors (Lipinski definition) is 1. The van der Waals surface area contributed by atoms with E-state index in [2.05, 4.69) is 10.2 Å². The lowest BCUT2D eigenvalue weighted by molar-refractivity contribution is -0.122. The molecule has 1 aromatic carbocycles. The van der Waals surface area contributed by atoms with Crippen molar-refractivity contribution in [1.29, 1.82) is 0 Å². The molecule has 1 unspecified atom stereocenters. The van der Waals surface area contributed by atoms with E-state index >= 15 is 0 Å². The van der Waals surface area contributed by atoms with Gasteiger partial charge in [-0.1, -0.05) is 6.07 Å². The first-order valence-electron chi connectivity index (χ1n) is 8.61. The molecule has 1 aliphatic heterocycles. The minimum atomic E-state index is -0.320. The fraction of sp³-hybridized carbons (Fsp3) is 0.611. The van der Waals surface area contributed by atoms with Crippen LogP contribution in [0.5, 0.6) is 5.75 Å². The summed E-state index contributed by atoms with van der Waals surface area (Å²) >= 11 is 0. The summed E-state index contributed by atoms with van der Waals surface area (Å²) < 4.78 is 23.8. The lowest BCUT2D eigenvalue weighted by Gasteiger charge is -2.27. The van der Waals surface area contributed by atoms with Crippen molar-refractivity contribution in [3.63, 3.8) is 0 Å². The van der Waals surface area contributed by atoms with Gasteiger partial charge in [0.1, 0.15) is 11.6 Å². The monoisotopic (exact) mass is 338 g/mol. The van der Waals surface area contributed by atoms with E-state index in [1.54, 1.807) is 12.1 Å². The van der Waals surface area contributed by atoms with Gasteiger partial charge in [0.2, 0.25) is 5.91 Å². The normalized spacial score (nSPS) is 16.6. The van der Waals surface area contributed by atoms with Crippen molar-refractivity contribution in [3.8, 4) is 5.75 Å². The van der Waals surface area contributed by atoms with Crippen molar-refractivity contribution < 1.29 is 18.7 Å². The maximum Gasteiger partial charge on any atom is 0.220 e. The molecule has 1 fully saturated rings. The number of ether oxygens (including phenoxy) is 2. The molecule has 0 spiro atoms. The lowest BCUT2D eigenvalue weighted by atomic mass is 10.2. The number of nitrogens with one attached hydrogen (secondary N) is 1. The molecule has 0 aromatic heterocycles. The van der Waals surface area contributed by atoms with Crippen molar-refractivity contribution in [1.82, 2.24) is 10.2 Å². The standard InChI is InChI=1S/C18H27FN2O3/c1-15(7-8-21-9-12-23-13-10-21)20-18(22)6-3-11-24-17-5-2-4-16(19)14-17/h2,4-5,14-15H,3,6-13H2,1H3,(H,20,22). The predicted octanol–water partition coefficient (Wildman–Crippen LogP) is 2.21. The summed E-state index contributed by atoms with van der Waals surface area (Å²) in [7, 11) is 0. The molecule has 0 radical (unpaired) electrons. The maximum absolute atomic E-state index is 13.0. The van der Waals surface area contributed by atoms with Crippen LogP contribution in [-0.2, 0) is 9.53 Å². The predicted molar refractivity (Wildman–Crippen MR) is 90.6 cm³/mol. The summed E-state index contributed by atoms with van der Waals surface area (Å²) in [5.41, 5.74) is 0. The Bertz CT molecular complexity index is 507. The number of carbonyl (C=O) groups excluding carboxylic acids is 1. The summed E-state index contributed by atoms with van der Waals surface area (Å²) in [5.74, 6) is 0.209. The van der Waals surface area contributed by atoms with E-state index in [1.807, 2.05) is 6.92 Å². The van der Waals surface area contributed by atoms with Crippen LogP contribution in [0.1, 0.15) is 26.2 Å². The van der Waals surface area contributed by atoms with Gasteiger partial charge in [0.05, 0.1) is 19.8 Å². The highest BCUT2D eigenvalue weighted by Crippen LogP contribution is 2.12. The maximum atomic E-state index is 13.0. The van der Waals surface area contributed by atoms with Crippen molar-refractivity contribution in [2.24, 2.45) is 0 Å². The topological polar surface area (TPSA) is 50.8 Å². The van der Waals surface area contributed by atoms with Crippen molar-refractivity contribution in [3.05, 3.63) is 30.1 Å². The van der Waals surface area contributed by atoms with Gasteiger partial charge < -0.3 is 14.8 Å². The molecule has 1 heterocycles. The summed E-state index contributed by atoms with van der Waals surface area (Å²) in [6.07, 6.45) is 1.96. The molecule has 0 bridgehead atoms. The zero-order valence-electron chi connectivity index (χ0n) is 14.3. The van der Waals surface area contributed by atoms with Gasteiger partial charge in [-0.25, -0.2) is 4.39 Å². The Morgan fingerprint density at radius 2 is 2.21 bits per heavy atom. The average molecular weight is 338 g/mol. The number of nitrogens with zero attached hydrogens (tertiary/aromatic N) is 1. The van der Waals surface area contributed by atoms with Crippen LogP contribution in [-0.4, -0.2) is 56.3 Å². The molecule has 134 valence electrons. The molecule has 1 aromatic rings. The van der Waals surface area contributed by atoms with Crippen LogP contribution in [0, 0.1) is 5.82 Å². The number of carbonyl (C=O) groups is 1. The van der Waals surface area contributed by atoms with Crippen LogP contribution in [0.3, 0.4) is 0 Å². The lowest BCUT2D eigenvalue weighted by Crippen LogP contribution is -2.40. The van der Waals surface area contributed by atoms with Gasteiger partial charge in [-0.3, -0.25) is 9.69 Å². The highest BCUT2D eigenvalue weighted by molar-refractivity contribution is 5.76. The third-order valence-electron chi connectivity index (χ3n) is 4.00. The van der Waals surface area contributed by atoms with Crippen molar-refractivity contribution >= 4 is 5.91 Å². The number of halogens is 1. The third-order valence-corrected chi connectivity index (χ3v) is 4.00. The second kappa shape index (κ2) is 10.3. The molecule has 0 saturated carbocycles. The molecular weight excluding hydrogens is 311 g/mol. The quantitative estimate of drug-likeness (QED) is 0.702. The minimum Gasteiger partial charge on any atom is -0.493 e. The number of benzene rings is 1. The number of rotatable bonds is 9. The Morgan fingerprint density at radius 1 is 1.42 bits per heavy atom. The summed E-state index contributed by atoms with van der Waals surface area (Å²) in [4.78, 5) is 14.3. The van der Waals surface area contributed by atoms with E-state index in [-0.39, 0.29) is 17.8 Å². The number of amides is 1. The molecular formula is C18H27FN2O3. The van der Waals surface area contributed by atoms with Gasteiger partial charge in [-0.05, 0) is 31.9 Å². The van der Waals surface area contributed by atoms with Gasteiger partial charge in [-0.2, -0.15) is 0 Å². The van der Waals surface area contributed by atoms with Crippen LogP contribution in [0.25, 0.3) is 0 Å². The second-order valence-electron chi connectivity index (χ2n) is 6.12. The smallest absolute Gasteiger partial charge is 0.220 e. The Morgan fingerprint density at radius 3 is 2.96 bits per heavy atom. The van der Waals surface area contributed by atoms with Crippen molar-refractivity contribution in [2.75, 3.05) is 39.5 Å². The largest absolute Gasteiger partial charge is 0.493 e. The second-order valence-corrected chi connectivity index (χ2v) is 6.12. The number of morpholine rings is 1. The molecule has 6 heteroatoms. The van der Waals surface area contributed by atoms with Gasteiger partial charge in [-0.15, -0.1) is 0 Å². The first kappa shape index (κ1) is 18.7. The SMILES string of the molecule is CC(CCN1CCOCC1)NC(=O)CCCOc1cccc(F)c1. The summed E-state index contributed by atoms with van der Waals surface area (Å²) in [6.45, 7) is 6.95. The molecule has 0 aliphatic carbocycles. The Hall–Kier alpha value is -1.66. The first-order chi connectivity index (χ1) is 11.6. The molecule has 24 heavy (non-hydrogen) atoms. The molecule has 1 N–H and O–H groups in total.